The number of nitrogens with zero attached hydrogens (tertiary/aromatic N) is 1. The smallest absolute Gasteiger partial charge is 0.332 e. The number of hydrogen-bond acceptors (Lipinski definition) is 4. The molecule has 15 heavy (non-hydrogen) atoms. The number of isocyanates is 1. The SMILES string of the molecule is CC[C@H](C)[C@H](N=C=O)C(=O)OC(C)(C)C. The van der Waals surface area contributed by atoms with Crippen LogP contribution < -0.4 is 0 Å². The third-order valence-corrected chi connectivity index (χ3v) is 2.02. The molecule has 0 unspecified atom stereocenters. The van der Waals surface area contributed by atoms with Gasteiger partial charge in [-0.15, -0.1) is 0 Å². The second-order valence-corrected chi connectivity index (χ2v) is 4.58. The third-order valence-electron chi connectivity index (χ3n) is 2.02. The van der Waals surface area contributed by atoms with Crippen molar-refractivity contribution in [2.45, 2.75) is 52.7 Å². The highest BCUT2D eigenvalue weighted by atomic mass is 16.6. The summed E-state index contributed by atoms with van der Waals surface area (Å²) in [5.41, 5.74) is -0.554. The van der Waals surface area contributed by atoms with Gasteiger partial charge in [-0.1, -0.05) is 20.3 Å². The van der Waals surface area contributed by atoms with Gasteiger partial charge in [0.1, 0.15) is 5.60 Å². The zero-order valence-corrected chi connectivity index (χ0v) is 10.0. The number of ether oxygens (including phenoxy) is 1. The van der Waals surface area contributed by atoms with E-state index in [1.54, 1.807) is 20.8 Å². The van der Waals surface area contributed by atoms with E-state index in [2.05, 4.69) is 4.99 Å². The summed E-state index contributed by atoms with van der Waals surface area (Å²) in [7, 11) is 0. The van der Waals surface area contributed by atoms with Crippen molar-refractivity contribution in [1.29, 1.82) is 0 Å². The van der Waals surface area contributed by atoms with Gasteiger partial charge >= 0.3 is 5.97 Å². The van der Waals surface area contributed by atoms with Crippen molar-refractivity contribution in [1.82, 2.24) is 0 Å². The summed E-state index contributed by atoms with van der Waals surface area (Å²) in [5.74, 6) is -0.471. The van der Waals surface area contributed by atoms with Crippen LogP contribution >= 0.6 is 0 Å². The minimum Gasteiger partial charge on any atom is -0.458 e. The van der Waals surface area contributed by atoms with Crippen molar-refractivity contribution in [2.24, 2.45) is 10.9 Å². The molecule has 0 heterocycles. The number of hydrogen-bond donors (Lipinski definition) is 0. The van der Waals surface area contributed by atoms with Crippen molar-refractivity contribution in [3.63, 3.8) is 0 Å². The lowest BCUT2D eigenvalue weighted by molar-refractivity contribution is -0.157. The van der Waals surface area contributed by atoms with E-state index in [9.17, 15) is 9.59 Å². The minimum atomic E-state index is -0.730. The number of esters is 1. The monoisotopic (exact) mass is 213 g/mol. The number of aliphatic imine (C=N–C) groups is 1. The van der Waals surface area contributed by atoms with Crippen LogP contribution in [0.3, 0.4) is 0 Å². The van der Waals surface area contributed by atoms with E-state index in [4.69, 9.17) is 4.74 Å². The molecule has 0 aliphatic heterocycles. The summed E-state index contributed by atoms with van der Waals surface area (Å²) in [6.45, 7) is 9.13. The van der Waals surface area contributed by atoms with Gasteiger partial charge < -0.3 is 4.74 Å². The molecule has 0 radical (unpaired) electrons. The Bertz CT molecular complexity index is 261. The Kier molecular flexibility index (Phi) is 5.23. The van der Waals surface area contributed by atoms with Crippen LogP contribution in [0.2, 0.25) is 0 Å². The van der Waals surface area contributed by atoms with Crippen molar-refractivity contribution < 1.29 is 14.3 Å². The van der Waals surface area contributed by atoms with Gasteiger partial charge in [-0.2, -0.15) is 4.99 Å². The average molecular weight is 213 g/mol. The summed E-state index contributed by atoms with van der Waals surface area (Å²) in [6, 6.07) is -0.730. The first kappa shape index (κ1) is 13.8. The number of carbonyl (C=O) groups excluding carboxylic acids is 2. The molecule has 0 amide bonds. The van der Waals surface area contributed by atoms with Crippen molar-refractivity contribution in [3.8, 4) is 0 Å². The number of rotatable bonds is 4. The van der Waals surface area contributed by atoms with Gasteiger partial charge in [0.15, 0.2) is 6.04 Å². The molecule has 0 aromatic heterocycles. The summed E-state index contributed by atoms with van der Waals surface area (Å²) >= 11 is 0. The molecular formula is C11H19NO3. The van der Waals surface area contributed by atoms with Crippen molar-refractivity contribution >= 4 is 12.0 Å². The maximum atomic E-state index is 11.7. The van der Waals surface area contributed by atoms with Gasteiger partial charge in [-0.05, 0) is 26.7 Å². The molecule has 0 aromatic rings. The lowest BCUT2D eigenvalue weighted by Crippen LogP contribution is -2.34. The minimum absolute atomic E-state index is 0.0127. The lowest BCUT2D eigenvalue weighted by Gasteiger charge is -2.23. The fourth-order valence-corrected chi connectivity index (χ4v) is 1.05. The van der Waals surface area contributed by atoms with Gasteiger partial charge in [-0.25, -0.2) is 9.59 Å². The predicted molar refractivity (Wildman–Crippen MR) is 57.2 cm³/mol. The summed E-state index contributed by atoms with van der Waals surface area (Å²) < 4.78 is 5.16. The molecule has 0 fully saturated rings. The van der Waals surface area contributed by atoms with Gasteiger partial charge in [0.25, 0.3) is 0 Å². The molecule has 0 saturated heterocycles. The molecule has 0 rings (SSSR count). The van der Waals surface area contributed by atoms with E-state index in [0.717, 1.165) is 6.42 Å². The van der Waals surface area contributed by atoms with Gasteiger partial charge in [0.05, 0.1) is 0 Å². The molecule has 0 aliphatic rings. The Morgan fingerprint density at radius 2 is 2.00 bits per heavy atom. The molecule has 0 spiro atoms. The fraction of sp³-hybridized carbons (Fsp3) is 0.818. The molecular weight excluding hydrogens is 194 g/mol. The molecule has 2 atom stereocenters. The third kappa shape index (κ3) is 5.33. The standard InChI is InChI=1S/C11H19NO3/c1-6-8(2)9(12-7-13)10(14)15-11(3,4)5/h8-9H,6H2,1-5H3/t8-,9-/m0/s1. The zero-order chi connectivity index (χ0) is 12.1. The second kappa shape index (κ2) is 5.66. The van der Waals surface area contributed by atoms with Crippen LogP contribution in [0.5, 0.6) is 0 Å². The van der Waals surface area contributed by atoms with E-state index in [-0.39, 0.29) is 5.92 Å². The van der Waals surface area contributed by atoms with E-state index in [0.29, 0.717) is 0 Å². The van der Waals surface area contributed by atoms with Gasteiger partial charge in [0, 0.05) is 0 Å². The highest BCUT2D eigenvalue weighted by molar-refractivity contribution is 5.77. The van der Waals surface area contributed by atoms with Gasteiger partial charge in [0.2, 0.25) is 6.08 Å². The molecule has 0 bridgehead atoms. The Morgan fingerprint density at radius 1 is 1.47 bits per heavy atom. The summed E-state index contributed by atoms with van der Waals surface area (Å²) in [4.78, 5) is 25.4. The Balaban J connectivity index is 4.64. The van der Waals surface area contributed by atoms with Crippen LogP contribution in [0.1, 0.15) is 41.0 Å². The molecule has 0 N–H and O–H groups in total. The second-order valence-electron chi connectivity index (χ2n) is 4.58. The Morgan fingerprint density at radius 3 is 2.33 bits per heavy atom. The van der Waals surface area contributed by atoms with Crippen LogP contribution in [0, 0.1) is 5.92 Å². The van der Waals surface area contributed by atoms with Crippen molar-refractivity contribution in [2.75, 3.05) is 0 Å². The molecule has 0 aliphatic carbocycles. The Labute approximate surface area is 90.7 Å². The summed E-state index contributed by atoms with van der Waals surface area (Å²) in [6.07, 6.45) is 2.18. The van der Waals surface area contributed by atoms with Crippen LogP contribution in [0.15, 0.2) is 4.99 Å². The first-order valence-electron chi connectivity index (χ1n) is 5.11. The first-order chi connectivity index (χ1) is 6.81. The van der Waals surface area contributed by atoms with Crippen molar-refractivity contribution in [3.05, 3.63) is 0 Å². The maximum absolute atomic E-state index is 11.7. The van der Waals surface area contributed by atoms with Gasteiger partial charge in [-0.3, -0.25) is 0 Å². The molecule has 86 valence electrons. The highest BCUT2D eigenvalue weighted by Crippen LogP contribution is 2.16. The maximum Gasteiger partial charge on any atom is 0.332 e. The van der Waals surface area contributed by atoms with E-state index < -0.39 is 17.6 Å². The largest absolute Gasteiger partial charge is 0.458 e. The molecule has 0 saturated carbocycles. The molecule has 4 nitrogen and oxygen atoms in total. The normalized spacial score (nSPS) is 15.0. The van der Waals surface area contributed by atoms with E-state index in [1.807, 2.05) is 13.8 Å². The zero-order valence-electron chi connectivity index (χ0n) is 10.0. The van der Waals surface area contributed by atoms with Crippen LogP contribution in [-0.2, 0) is 14.3 Å². The van der Waals surface area contributed by atoms with E-state index >= 15 is 0 Å². The summed E-state index contributed by atoms with van der Waals surface area (Å²) in [5, 5.41) is 0. The lowest BCUT2D eigenvalue weighted by atomic mass is 10.00. The topological polar surface area (TPSA) is 55.7 Å². The predicted octanol–water partition coefficient (Wildman–Crippen LogP) is 2.08. The van der Waals surface area contributed by atoms with Crippen LogP contribution in [0.4, 0.5) is 0 Å². The average Bonchev–Trinajstić information content (AvgIpc) is 2.10. The van der Waals surface area contributed by atoms with Crippen LogP contribution in [-0.4, -0.2) is 23.7 Å². The first-order valence-corrected chi connectivity index (χ1v) is 5.11. The molecule has 4 heteroatoms. The molecule has 0 aromatic carbocycles. The van der Waals surface area contributed by atoms with E-state index in [1.165, 1.54) is 6.08 Å². The fourth-order valence-electron chi connectivity index (χ4n) is 1.05. The highest BCUT2D eigenvalue weighted by Gasteiger charge is 2.28. The quantitative estimate of drug-likeness (QED) is 0.408. The number of carbonyl (C=O) groups is 1. The van der Waals surface area contributed by atoms with Crippen LogP contribution in [0.25, 0.3) is 0 Å². The Hall–Kier alpha value is -1.15.